The second kappa shape index (κ2) is 7.44. The minimum atomic E-state index is 0.0123. The van der Waals surface area contributed by atoms with Crippen LogP contribution in [0, 0.1) is 0 Å². The molecule has 1 amide bonds. The van der Waals surface area contributed by atoms with Crippen molar-refractivity contribution in [3.63, 3.8) is 0 Å². The second-order valence-electron chi connectivity index (χ2n) is 4.30. The predicted molar refractivity (Wildman–Crippen MR) is 79.4 cm³/mol. The van der Waals surface area contributed by atoms with Crippen molar-refractivity contribution in [2.24, 2.45) is 0 Å². The van der Waals surface area contributed by atoms with E-state index in [0.29, 0.717) is 24.5 Å². The minimum Gasteiger partial charge on any atom is -0.356 e. The van der Waals surface area contributed by atoms with Gasteiger partial charge in [0.1, 0.15) is 0 Å². The maximum absolute atomic E-state index is 11.6. The largest absolute Gasteiger partial charge is 0.356 e. The van der Waals surface area contributed by atoms with Crippen molar-refractivity contribution < 1.29 is 4.79 Å². The summed E-state index contributed by atoms with van der Waals surface area (Å²) in [6, 6.07) is 0. The van der Waals surface area contributed by atoms with E-state index in [1.165, 1.54) is 0 Å². The molecule has 20 heavy (non-hydrogen) atoms. The number of hydrogen-bond acceptors (Lipinski definition) is 3. The molecule has 0 aromatic carbocycles. The summed E-state index contributed by atoms with van der Waals surface area (Å²) >= 11 is 9.08. The summed E-state index contributed by atoms with van der Waals surface area (Å²) in [5.74, 6) is 0.0123. The molecule has 2 heterocycles. The Labute approximate surface area is 130 Å². The molecular formula is C12H15BrClN5O. The number of carbonyl (C=O) groups is 1. The topological polar surface area (TPSA) is 64.7 Å². The van der Waals surface area contributed by atoms with Crippen LogP contribution < -0.4 is 5.32 Å². The van der Waals surface area contributed by atoms with Crippen molar-refractivity contribution in [1.29, 1.82) is 0 Å². The number of aryl methyl sites for hydroxylation is 2. The molecule has 2 aromatic rings. The average Bonchev–Trinajstić information content (AvgIpc) is 3.01. The van der Waals surface area contributed by atoms with E-state index in [1.807, 2.05) is 10.9 Å². The Morgan fingerprint density at radius 3 is 2.65 bits per heavy atom. The Balaban J connectivity index is 1.58. The monoisotopic (exact) mass is 359 g/mol. The van der Waals surface area contributed by atoms with E-state index < -0.39 is 0 Å². The Hall–Kier alpha value is -1.34. The lowest BCUT2D eigenvalue weighted by molar-refractivity contribution is -0.121. The zero-order valence-corrected chi connectivity index (χ0v) is 13.1. The van der Waals surface area contributed by atoms with E-state index in [4.69, 9.17) is 11.6 Å². The first-order chi connectivity index (χ1) is 9.63. The van der Waals surface area contributed by atoms with Gasteiger partial charge in [0.2, 0.25) is 5.91 Å². The van der Waals surface area contributed by atoms with E-state index in [1.54, 1.807) is 23.3 Å². The van der Waals surface area contributed by atoms with E-state index in [0.717, 1.165) is 17.4 Å². The fraction of sp³-hybridized carbons (Fsp3) is 0.417. The van der Waals surface area contributed by atoms with Gasteiger partial charge < -0.3 is 5.32 Å². The lowest BCUT2D eigenvalue weighted by atomic mass is 10.3. The summed E-state index contributed by atoms with van der Waals surface area (Å²) in [4.78, 5) is 11.6. The molecule has 0 saturated heterocycles. The van der Waals surface area contributed by atoms with Gasteiger partial charge in [0.25, 0.3) is 0 Å². The molecule has 8 heteroatoms. The van der Waals surface area contributed by atoms with Crippen molar-refractivity contribution >= 4 is 33.4 Å². The van der Waals surface area contributed by atoms with Crippen LogP contribution in [0.2, 0.25) is 5.02 Å². The summed E-state index contributed by atoms with van der Waals surface area (Å²) in [7, 11) is 0. The molecule has 2 rings (SSSR count). The number of nitrogens with zero attached hydrogens (tertiary/aromatic N) is 4. The van der Waals surface area contributed by atoms with Crippen LogP contribution in [0.25, 0.3) is 0 Å². The summed E-state index contributed by atoms with van der Waals surface area (Å²) in [5, 5.41) is 11.6. The highest BCUT2D eigenvalue weighted by Crippen LogP contribution is 2.06. The van der Waals surface area contributed by atoms with Crippen LogP contribution in [0.15, 0.2) is 29.3 Å². The van der Waals surface area contributed by atoms with Crippen LogP contribution in [0.1, 0.15) is 12.8 Å². The summed E-state index contributed by atoms with van der Waals surface area (Å²) in [5.41, 5.74) is 0. The maximum Gasteiger partial charge on any atom is 0.221 e. The van der Waals surface area contributed by atoms with Gasteiger partial charge in [-0.1, -0.05) is 11.6 Å². The van der Waals surface area contributed by atoms with Gasteiger partial charge in [-0.2, -0.15) is 10.2 Å². The van der Waals surface area contributed by atoms with Crippen LogP contribution in [-0.4, -0.2) is 32.0 Å². The van der Waals surface area contributed by atoms with Crippen molar-refractivity contribution in [1.82, 2.24) is 24.9 Å². The molecule has 0 atom stereocenters. The van der Waals surface area contributed by atoms with E-state index >= 15 is 0 Å². The van der Waals surface area contributed by atoms with Crippen LogP contribution in [0.5, 0.6) is 0 Å². The molecule has 108 valence electrons. The van der Waals surface area contributed by atoms with Gasteiger partial charge in [0, 0.05) is 38.4 Å². The fourth-order valence-corrected chi connectivity index (χ4v) is 2.18. The highest BCUT2D eigenvalue weighted by Gasteiger charge is 2.03. The van der Waals surface area contributed by atoms with E-state index in [2.05, 4.69) is 31.4 Å². The minimum absolute atomic E-state index is 0.0123. The van der Waals surface area contributed by atoms with Gasteiger partial charge in [-0.05, 0) is 22.4 Å². The number of halogens is 2. The van der Waals surface area contributed by atoms with E-state index in [9.17, 15) is 4.79 Å². The number of amides is 1. The van der Waals surface area contributed by atoms with Gasteiger partial charge in [0.05, 0.1) is 21.9 Å². The zero-order valence-electron chi connectivity index (χ0n) is 10.8. The highest BCUT2D eigenvalue weighted by atomic mass is 79.9. The first kappa shape index (κ1) is 15.1. The maximum atomic E-state index is 11.6. The van der Waals surface area contributed by atoms with Gasteiger partial charge in [0.15, 0.2) is 0 Å². The molecule has 0 bridgehead atoms. The van der Waals surface area contributed by atoms with Gasteiger partial charge in [-0.15, -0.1) is 0 Å². The first-order valence-electron chi connectivity index (χ1n) is 6.26. The number of hydrogen-bond donors (Lipinski definition) is 1. The summed E-state index contributed by atoms with van der Waals surface area (Å²) in [6.07, 6.45) is 8.14. The number of aromatic nitrogens is 4. The average molecular weight is 361 g/mol. The van der Waals surface area contributed by atoms with Crippen LogP contribution in [0.4, 0.5) is 0 Å². The molecule has 0 saturated carbocycles. The molecule has 0 aliphatic heterocycles. The van der Waals surface area contributed by atoms with Gasteiger partial charge in [-0.3, -0.25) is 14.2 Å². The first-order valence-corrected chi connectivity index (χ1v) is 7.43. The van der Waals surface area contributed by atoms with Crippen molar-refractivity contribution in [2.45, 2.75) is 25.9 Å². The Bertz CT molecular complexity index is 568. The van der Waals surface area contributed by atoms with Crippen LogP contribution in [-0.2, 0) is 17.9 Å². The third-order valence-corrected chi connectivity index (χ3v) is 3.26. The Morgan fingerprint density at radius 1 is 1.25 bits per heavy atom. The normalized spacial score (nSPS) is 10.7. The second-order valence-corrected chi connectivity index (χ2v) is 5.65. The van der Waals surface area contributed by atoms with Crippen molar-refractivity contribution in [2.75, 3.05) is 6.54 Å². The lowest BCUT2D eigenvalue weighted by Crippen LogP contribution is -2.26. The highest BCUT2D eigenvalue weighted by molar-refractivity contribution is 9.10. The number of nitrogens with one attached hydrogen (secondary N) is 1. The third-order valence-electron chi connectivity index (χ3n) is 2.66. The van der Waals surface area contributed by atoms with Gasteiger partial charge in [-0.25, -0.2) is 0 Å². The molecule has 0 radical (unpaired) electrons. The standard InChI is InChI=1S/C12H15BrClN5O/c13-10-6-16-18(8-10)4-1-3-15-12(20)2-5-19-9-11(14)7-17-19/h6-9H,1-5H2,(H,15,20). The Kier molecular flexibility index (Phi) is 5.60. The molecule has 0 fully saturated rings. The fourth-order valence-electron chi connectivity index (χ4n) is 1.69. The molecular weight excluding hydrogens is 346 g/mol. The van der Waals surface area contributed by atoms with E-state index in [-0.39, 0.29) is 5.91 Å². The smallest absolute Gasteiger partial charge is 0.221 e. The summed E-state index contributed by atoms with van der Waals surface area (Å²) < 4.78 is 4.45. The molecule has 0 spiro atoms. The van der Waals surface area contributed by atoms with Crippen LogP contribution in [0.3, 0.4) is 0 Å². The van der Waals surface area contributed by atoms with Crippen LogP contribution >= 0.6 is 27.5 Å². The zero-order chi connectivity index (χ0) is 14.4. The Morgan fingerprint density at radius 2 is 2.00 bits per heavy atom. The molecule has 0 unspecified atom stereocenters. The third kappa shape index (κ3) is 4.97. The SMILES string of the molecule is O=C(CCn1cc(Cl)cn1)NCCCn1cc(Br)cn1. The number of carbonyl (C=O) groups excluding carboxylic acids is 1. The quantitative estimate of drug-likeness (QED) is 0.769. The predicted octanol–water partition coefficient (Wildman–Crippen LogP) is 2.09. The number of rotatable bonds is 7. The molecule has 2 aromatic heterocycles. The molecule has 0 aliphatic carbocycles. The molecule has 0 aliphatic rings. The van der Waals surface area contributed by atoms with Gasteiger partial charge >= 0.3 is 0 Å². The van der Waals surface area contributed by atoms with Crippen molar-refractivity contribution in [3.05, 3.63) is 34.3 Å². The van der Waals surface area contributed by atoms with Crippen molar-refractivity contribution in [3.8, 4) is 0 Å². The molecule has 1 N–H and O–H groups in total. The lowest BCUT2D eigenvalue weighted by Gasteiger charge is -2.05. The summed E-state index contributed by atoms with van der Waals surface area (Å²) in [6.45, 7) is 1.95. The molecule has 6 nitrogen and oxygen atoms in total.